The number of thioether (sulfide) groups is 1. The average Bonchev–Trinajstić information content (AvgIpc) is 2.08. The first-order chi connectivity index (χ1) is 6.16. The summed E-state index contributed by atoms with van der Waals surface area (Å²) in [6, 6.07) is 0. The Labute approximate surface area is 80.2 Å². The summed E-state index contributed by atoms with van der Waals surface area (Å²) >= 11 is 1.43. The maximum Gasteiger partial charge on any atom is 0.236 e. The second kappa shape index (κ2) is 2.99. The Morgan fingerprint density at radius 3 is 2.77 bits per heavy atom. The van der Waals surface area contributed by atoms with E-state index in [1.54, 1.807) is 0 Å². The third-order valence-electron chi connectivity index (χ3n) is 1.87. The lowest BCUT2D eigenvalue weighted by molar-refractivity contribution is -0.113. The van der Waals surface area contributed by atoms with Crippen molar-refractivity contribution in [1.29, 1.82) is 0 Å². The van der Waals surface area contributed by atoms with Gasteiger partial charge < -0.3 is 5.32 Å². The van der Waals surface area contributed by atoms with Crippen LogP contribution in [0.15, 0.2) is 5.03 Å². The number of hydrogen-bond donors (Lipinski definition) is 1. The minimum atomic E-state index is -0.00458. The molecule has 2 heterocycles. The second-order valence-corrected chi connectivity index (χ2v) is 3.85. The predicted octanol–water partition coefficient (Wildman–Crippen LogP) is 1.14. The van der Waals surface area contributed by atoms with E-state index < -0.39 is 0 Å². The summed E-state index contributed by atoms with van der Waals surface area (Å²) in [7, 11) is 0. The van der Waals surface area contributed by atoms with Gasteiger partial charge in [-0.2, -0.15) is 0 Å². The zero-order chi connectivity index (χ0) is 9.42. The van der Waals surface area contributed by atoms with Crippen LogP contribution < -0.4 is 5.32 Å². The van der Waals surface area contributed by atoms with Gasteiger partial charge in [-0.05, 0) is 13.8 Å². The standard InChI is InChI=1S/C8H9N3OS/c1-4-5(2)10-8-7(9-4)11-6(12)3-13-8/h3H2,1-2H3,(H,9,11,12). The Bertz CT molecular complexity index is 378. The van der Waals surface area contributed by atoms with Gasteiger partial charge >= 0.3 is 0 Å². The van der Waals surface area contributed by atoms with E-state index >= 15 is 0 Å². The van der Waals surface area contributed by atoms with Gasteiger partial charge in [0.1, 0.15) is 5.03 Å². The third-order valence-corrected chi connectivity index (χ3v) is 2.84. The summed E-state index contributed by atoms with van der Waals surface area (Å²) < 4.78 is 0. The molecule has 0 aromatic carbocycles. The molecule has 5 heteroatoms. The highest BCUT2D eigenvalue weighted by Gasteiger charge is 2.18. The first-order valence-corrected chi connectivity index (χ1v) is 4.93. The predicted molar refractivity (Wildman–Crippen MR) is 50.9 cm³/mol. The van der Waals surface area contributed by atoms with E-state index in [2.05, 4.69) is 15.3 Å². The van der Waals surface area contributed by atoms with Crippen LogP contribution in [0.5, 0.6) is 0 Å². The van der Waals surface area contributed by atoms with Gasteiger partial charge in [-0.25, -0.2) is 9.97 Å². The van der Waals surface area contributed by atoms with Crippen molar-refractivity contribution in [2.45, 2.75) is 18.9 Å². The number of nitrogens with zero attached hydrogens (tertiary/aromatic N) is 2. The minimum Gasteiger partial charge on any atom is -0.308 e. The molecular formula is C8H9N3OS. The molecule has 13 heavy (non-hydrogen) atoms. The molecule has 68 valence electrons. The number of aryl methyl sites for hydroxylation is 2. The van der Waals surface area contributed by atoms with Gasteiger partial charge in [-0.15, -0.1) is 0 Å². The van der Waals surface area contributed by atoms with Crippen LogP contribution in [-0.2, 0) is 4.79 Å². The molecule has 2 rings (SSSR count). The first kappa shape index (κ1) is 8.50. The van der Waals surface area contributed by atoms with Crippen molar-refractivity contribution < 1.29 is 4.79 Å². The third kappa shape index (κ3) is 1.51. The molecular weight excluding hydrogens is 186 g/mol. The maximum atomic E-state index is 11.0. The van der Waals surface area contributed by atoms with E-state index in [-0.39, 0.29) is 5.91 Å². The van der Waals surface area contributed by atoms with Crippen LogP contribution in [0.1, 0.15) is 11.4 Å². The highest BCUT2D eigenvalue weighted by Crippen LogP contribution is 2.28. The lowest BCUT2D eigenvalue weighted by atomic mass is 10.3. The smallest absolute Gasteiger partial charge is 0.236 e. The van der Waals surface area contributed by atoms with E-state index in [4.69, 9.17) is 0 Å². The molecule has 0 radical (unpaired) electrons. The number of anilines is 1. The fraction of sp³-hybridized carbons (Fsp3) is 0.375. The number of aromatic nitrogens is 2. The van der Waals surface area contributed by atoms with Crippen molar-refractivity contribution in [2.75, 3.05) is 11.1 Å². The van der Waals surface area contributed by atoms with E-state index in [1.165, 1.54) is 11.8 Å². The van der Waals surface area contributed by atoms with E-state index in [0.717, 1.165) is 16.4 Å². The Morgan fingerprint density at radius 1 is 1.31 bits per heavy atom. The Kier molecular flexibility index (Phi) is 1.95. The molecule has 1 aliphatic rings. The van der Waals surface area contributed by atoms with Crippen molar-refractivity contribution in [2.24, 2.45) is 0 Å². The highest BCUT2D eigenvalue weighted by molar-refractivity contribution is 8.00. The number of amides is 1. The van der Waals surface area contributed by atoms with E-state index in [0.29, 0.717) is 11.6 Å². The van der Waals surface area contributed by atoms with Gasteiger partial charge in [0.15, 0.2) is 5.82 Å². The molecule has 0 saturated heterocycles. The van der Waals surface area contributed by atoms with Crippen molar-refractivity contribution in [3.63, 3.8) is 0 Å². The quantitative estimate of drug-likeness (QED) is 0.674. The zero-order valence-electron chi connectivity index (χ0n) is 7.42. The minimum absolute atomic E-state index is 0.00458. The van der Waals surface area contributed by atoms with E-state index in [1.807, 2.05) is 13.8 Å². The first-order valence-electron chi connectivity index (χ1n) is 3.94. The Hall–Kier alpha value is -1.10. The molecule has 0 unspecified atom stereocenters. The van der Waals surface area contributed by atoms with Crippen molar-refractivity contribution in [1.82, 2.24) is 9.97 Å². The van der Waals surface area contributed by atoms with Crippen LogP contribution in [0.2, 0.25) is 0 Å². The number of carbonyl (C=O) groups is 1. The topological polar surface area (TPSA) is 54.9 Å². The molecule has 0 atom stereocenters. The van der Waals surface area contributed by atoms with Gasteiger partial charge in [0.2, 0.25) is 5.91 Å². The monoisotopic (exact) mass is 195 g/mol. The lowest BCUT2D eigenvalue weighted by Gasteiger charge is -2.15. The van der Waals surface area contributed by atoms with Crippen LogP contribution >= 0.6 is 11.8 Å². The fourth-order valence-corrected chi connectivity index (χ4v) is 1.84. The van der Waals surface area contributed by atoms with E-state index in [9.17, 15) is 4.79 Å². The summed E-state index contributed by atoms with van der Waals surface area (Å²) in [4.78, 5) is 19.6. The Morgan fingerprint density at radius 2 is 2.00 bits per heavy atom. The average molecular weight is 195 g/mol. The molecule has 0 fully saturated rings. The summed E-state index contributed by atoms with van der Waals surface area (Å²) in [5.74, 6) is 1.03. The van der Waals surface area contributed by atoms with Crippen LogP contribution in [0.3, 0.4) is 0 Å². The van der Waals surface area contributed by atoms with Gasteiger partial charge in [0.25, 0.3) is 0 Å². The number of rotatable bonds is 0. The second-order valence-electron chi connectivity index (χ2n) is 2.89. The number of nitrogens with one attached hydrogen (secondary N) is 1. The SMILES string of the molecule is Cc1nc2c(nc1C)SCC(=O)N2. The molecule has 1 N–H and O–H groups in total. The molecule has 1 aromatic heterocycles. The summed E-state index contributed by atoms with van der Waals surface area (Å²) in [5.41, 5.74) is 1.78. The van der Waals surface area contributed by atoms with Gasteiger partial charge in [0.05, 0.1) is 17.1 Å². The number of fused-ring (bicyclic) bond motifs is 1. The number of hydrogen-bond acceptors (Lipinski definition) is 4. The molecule has 1 aliphatic heterocycles. The molecule has 1 aromatic rings. The van der Waals surface area contributed by atoms with Crippen molar-refractivity contribution >= 4 is 23.5 Å². The highest BCUT2D eigenvalue weighted by atomic mass is 32.2. The van der Waals surface area contributed by atoms with Gasteiger partial charge in [-0.3, -0.25) is 4.79 Å². The van der Waals surface area contributed by atoms with Crippen LogP contribution in [0.25, 0.3) is 0 Å². The molecule has 4 nitrogen and oxygen atoms in total. The molecule has 0 aliphatic carbocycles. The molecule has 0 spiro atoms. The van der Waals surface area contributed by atoms with Crippen LogP contribution in [0.4, 0.5) is 5.82 Å². The maximum absolute atomic E-state index is 11.0. The molecule has 0 saturated carbocycles. The largest absolute Gasteiger partial charge is 0.308 e. The van der Waals surface area contributed by atoms with Crippen LogP contribution in [-0.4, -0.2) is 21.6 Å². The van der Waals surface area contributed by atoms with Gasteiger partial charge in [0, 0.05) is 0 Å². The summed E-state index contributed by atoms with van der Waals surface area (Å²) in [6.07, 6.45) is 0. The number of carbonyl (C=O) groups excluding carboxylic acids is 1. The molecule has 0 bridgehead atoms. The zero-order valence-corrected chi connectivity index (χ0v) is 8.23. The normalized spacial score (nSPS) is 15.1. The van der Waals surface area contributed by atoms with Crippen molar-refractivity contribution in [3.05, 3.63) is 11.4 Å². The lowest BCUT2D eigenvalue weighted by Crippen LogP contribution is -2.21. The fourth-order valence-electron chi connectivity index (χ4n) is 1.07. The molecule has 1 amide bonds. The Balaban J connectivity index is 2.49. The summed E-state index contributed by atoms with van der Waals surface area (Å²) in [6.45, 7) is 3.80. The summed E-state index contributed by atoms with van der Waals surface area (Å²) in [5, 5.41) is 3.52. The van der Waals surface area contributed by atoms with Crippen LogP contribution in [0, 0.1) is 13.8 Å². The van der Waals surface area contributed by atoms with Gasteiger partial charge in [-0.1, -0.05) is 11.8 Å². The van der Waals surface area contributed by atoms with Crippen molar-refractivity contribution in [3.8, 4) is 0 Å².